The first-order valence-corrected chi connectivity index (χ1v) is 10.6. The molecule has 0 aliphatic heterocycles. The molecule has 8 heteroatoms. The van der Waals surface area contributed by atoms with Gasteiger partial charge >= 0.3 is 5.97 Å². The van der Waals surface area contributed by atoms with Gasteiger partial charge in [-0.1, -0.05) is 62.5 Å². The molecule has 0 radical (unpaired) electrons. The highest BCUT2D eigenvalue weighted by molar-refractivity contribution is 6.41. The molecule has 30 heavy (non-hydrogen) atoms. The highest BCUT2D eigenvalue weighted by atomic mass is 35.5. The van der Waals surface area contributed by atoms with Crippen LogP contribution in [-0.4, -0.2) is 30.1 Å². The van der Waals surface area contributed by atoms with Crippen LogP contribution < -0.4 is 9.64 Å². The predicted molar refractivity (Wildman–Crippen MR) is 122 cm³/mol. The average molecular weight is 473 g/mol. The van der Waals surface area contributed by atoms with Crippen molar-refractivity contribution in [2.45, 2.75) is 27.7 Å². The number of benzene rings is 2. The molecule has 0 bridgehead atoms. The number of carbonyl (C=O) groups excluding carboxylic acids is 1. The van der Waals surface area contributed by atoms with Crippen molar-refractivity contribution in [1.29, 1.82) is 0 Å². The minimum Gasteiger partial charge on any atom is -0.493 e. The van der Waals surface area contributed by atoms with Crippen molar-refractivity contribution < 1.29 is 19.4 Å². The van der Waals surface area contributed by atoms with Gasteiger partial charge in [-0.05, 0) is 42.2 Å². The molecule has 162 valence electrons. The minimum atomic E-state index is -1.16. The molecule has 0 aliphatic carbocycles. The summed E-state index contributed by atoms with van der Waals surface area (Å²) in [6, 6.07) is 7.45. The molecule has 0 atom stereocenters. The van der Waals surface area contributed by atoms with Gasteiger partial charge in [0.2, 0.25) is 0 Å². The number of halogens is 3. The van der Waals surface area contributed by atoms with Crippen molar-refractivity contribution in [3.63, 3.8) is 0 Å². The molecule has 1 amide bonds. The number of ether oxygens (including phenoxy) is 1. The molecule has 0 fully saturated rings. The fourth-order valence-electron chi connectivity index (χ4n) is 2.75. The number of amides is 1. The van der Waals surface area contributed by atoms with E-state index in [0.717, 1.165) is 0 Å². The molecular weight excluding hydrogens is 449 g/mol. The molecule has 0 aromatic heterocycles. The van der Waals surface area contributed by atoms with E-state index in [0.29, 0.717) is 24.8 Å². The third-order valence-corrected chi connectivity index (χ3v) is 4.98. The summed E-state index contributed by atoms with van der Waals surface area (Å²) >= 11 is 19.0. The highest BCUT2D eigenvalue weighted by Crippen LogP contribution is 2.37. The second-order valence-electron chi connectivity index (χ2n) is 7.75. The maximum Gasteiger partial charge on any atom is 0.335 e. The van der Waals surface area contributed by atoms with Crippen molar-refractivity contribution in [1.82, 2.24) is 0 Å². The Hall–Kier alpha value is -1.95. The van der Waals surface area contributed by atoms with Crippen molar-refractivity contribution in [3.8, 4) is 5.75 Å². The van der Waals surface area contributed by atoms with Crippen molar-refractivity contribution in [2.75, 3.05) is 18.1 Å². The maximum atomic E-state index is 13.5. The fourth-order valence-corrected chi connectivity index (χ4v) is 3.64. The van der Waals surface area contributed by atoms with Gasteiger partial charge in [0.25, 0.3) is 5.91 Å². The Morgan fingerprint density at radius 2 is 1.57 bits per heavy atom. The molecule has 0 heterocycles. The number of anilines is 1. The monoisotopic (exact) mass is 471 g/mol. The molecule has 0 saturated carbocycles. The standard InChI is InChI=1S/C22H24Cl3NO4/c1-12(2)10-26(20-18(24)7-14(22(28)29)8-19(20)25)21(27)16-9-15(5-6-17(16)23)30-11-13(3)4/h5-9,12-13H,10-11H2,1-4H3,(H,28,29). The number of hydrogen-bond donors (Lipinski definition) is 1. The number of carboxylic acid groups (broad SMARTS) is 1. The van der Waals surface area contributed by atoms with Gasteiger partial charge in [-0.25, -0.2) is 4.79 Å². The van der Waals surface area contributed by atoms with E-state index < -0.39 is 11.9 Å². The van der Waals surface area contributed by atoms with Gasteiger partial charge in [-0.2, -0.15) is 0 Å². The summed E-state index contributed by atoms with van der Waals surface area (Å²) in [6.45, 7) is 8.74. The lowest BCUT2D eigenvalue weighted by atomic mass is 10.1. The van der Waals surface area contributed by atoms with Crippen LogP contribution in [0.15, 0.2) is 30.3 Å². The second-order valence-corrected chi connectivity index (χ2v) is 8.97. The average Bonchev–Trinajstić information content (AvgIpc) is 2.64. The number of carboxylic acids is 1. The van der Waals surface area contributed by atoms with Gasteiger partial charge < -0.3 is 14.7 Å². The van der Waals surface area contributed by atoms with Gasteiger partial charge in [-0.15, -0.1) is 0 Å². The third kappa shape index (κ3) is 6.03. The lowest BCUT2D eigenvalue weighted by molar-refractivity contribution is 0.0696. The van der Waals surface area contributed by atoms with E-state index in [-0.39, 0.29) is 37.8 Å². The van der Waals surface area contributed by atoms with Crippen LogP contribution in [0.25, 0.3) is 0 Å². The largest absolute Gasteiger partial charge is 0.493 e. The second kappa shape index (κ2) is 10.4. The Morgan fingerprint density at radius 3 is 2.07 bits per heavy atom. The van der Waals surface area contributed by atoms with Crippen molar-refractivity contribution >= 4 is 52.4 Å². The third-order valence-electron chi connectivity index (χ3n) is 4.08. The van der Waals surface area contributed by atoms with Crippen LogP contribution in [0.2, 0.25) is 15.1 Å². The molecule has 0 unspecified atom stereocenters. The number of aromatic carboxylic acids is 1. The smallest absolute Gasteiger partial charge is 0.335 e. The SMILES string of the molecule is CC(C)COc1ccc(Cl)c(C(=O)N(CC(C)C)c2c(Cl)cc(C(=O)O)cc2Cl)c1. The molecule has 0 aliphatic rings. The molecule has 0 saturated heterocycles. The van der Waals surface area contributed by atoms with Crippen LogP contribution in [0.1, 0.15) is 48.4 Å². The molecule has 2 aromatic carbocycles. The molecule has 1 N–H and O–H groups in total. The Balaban J connectivity index is 2.52. The zero-order valence-corrected chi connectivity index (χ0v) is 19.5. The number of rotatable bonds is 8. The molecule has 2 rings (SSSR count). The fraction of sp³-hybridized carbons (Fsp3) is 0.364. The van der Waals surface area contributed by atoms with Crippen LogP contribution in [0, 0.1) is 11.8 Å². The minimum absolute atomic E-state index is 0.0622. The topological polar surface area (TPSA) is 66.8 Å². The number of hydrogen-bond acceptors (Lipinski definition) is 3. The number of carbonyl (C=O) groups is 2. The lowest BCUT2D eigenvalue weighted by Crippen LogP contribution is -2.35. The molecule has 2 aromatic rings. The Kier molecular flexibility index (Phi) is 8.42. The van der Waals surface area contributed by atoms with Crippen LogP contribution in [-0.2, 0) is 0 Å². The first-order valence-electron chi connectivity index (χ1n) is 9.47. The van der Waals surface area contributed by atoms with E-state index in [1.54, 1.807) is 18.2 Å². The molecule has 0 spiro atoms. The number of nitrogens with zero attached hydrogens (tertiary/aromatic N) is 1. The Labute approximate surface area is 191 Å². The van der Waals surface area contributed by atoms with Gasteiger partial charge in [0, 0.05) is 6.54 Å². The summed E-state index contributed by atoms with van der Waals surface area (Å²) in [7, 11) is 0. The summed E-state index contributed by atoms with van der Waals surface area (Å²) in [4.78, 5) is 26.2. The van der Waals surface area contributed by atoms with Crippen LogP contribution in [0.5, 0.6) is 5.75 Å². The van der Waals surface area contributed by atoms with E-state index in [9.17, 15) is 14.7 Å². The van der Waals surface area contributed by atoms with Gasteiger partial charge in [0.05, 0.1) is 38.5 Å². The first-order chi connectivity index (χ1) is 14.0. The predicted octanol–water partition coefficient (Wildman–Crippen LogP) is 6.68. The highest BCUT2D eigenvalue weighted by Gasteiger charge is 2.26. The Bertz CT molecular complexity index is 921. The quantitative estimate of drug-likeness (QED) is 0.465. The summed E-state index contributed by atoms with van der Waals surface area (Å²) in [6.07, 6.45) is 0. The van der Waals surface area contributed by atoms with E-state index in [4.69, 9.17) is 39.5 Å². The van der Waals surface area contributed by atoms with Crippen LogP contribution >= 0.6 is 34.8 Å². The van der Waals surface area contributed by atoms with E-state index in [1.807, 2.05) is 27.7 Å². The normalized spacial score (nSPS) is 11.1. The van der Waals surface area contributed by atoms with E-state index in [2.05, 4.69) is 0 Å². The summed E-state index contributed by atoms with van der Waals surface area (Å²) in [5.41, 5.74) is 0.424. The zero-order valence-electron chi connectivity index (χ0n) is 17.2. The summed E-state index contributed by atoms with van der Waals surface area (Å²) < 4.78 is 5.72. The summed E-state index contributed by atoms with van der Waals surface area (Å²) in [5, 5.41) is 9.62. The molecule has 5 nitrogen and oxygen atoms in total. The molecular formula is C22H24Cl3NO4. The van der Waals surface area contributed by atoms with Gasteiger partial charge in [0.1, 0.15) is 5.75 Å². The van der Waals surface area contributed by atoms with Crippen LogP contribution in [0.3, 0.4) is 0 Å². The van der Waals surface area contributed by atoms with E-state index >= 15 is 0 Å². The van der Waals surface area contributed by atoms with Gasteiger partial charge in [0.15, 0.2) is 0 Å². The maximum absolute atomic E-state index is 13.5. The first kappa shape index (κ1) is 24.3. The lowest BCUT2D eigenvalue weighted by Gasteiger charge is -2.27. The summed E-state index contributed by atoms with van der Waals surface area (Å²) in [5.74, 6) is -0.637. The van der Waals surface area contributed by atoms with E-state index in [1.165, 1.54) is 17.0 Å². The van der Waals surface area contributed by atoms with Gasteiger partial charge in [-0.3, -0.25) is 4.79 Å². The Morgan fingerprint density at radius 1 is 0.967 bits per heavy atom. The van der Waals surface area contributed by atoms with Crippen molar-refractivity contribution in [3.05, 3.63) is 56.5 Å². The van der Waals surface area contributed by atoms with Crippen molar-refractivity contribution in [2.24, 2.45) is 11.8 Å². The zero-order chi connectivity index (χ0) is 22.6. The van der Waals surface area contributed by atoms with Crippen LogP contribution in [0.4, 0.5) is 5.69 Å².